The summed E-state index contributed by atoms with van der Waals surface area (Å²) in [5.41, 5.74) is 0. The van der Waals surface area contributed by atoms with Crippen molar-refractivity contribution < 1.29 is 22.3 Å². The summed E-state index contributed by atoms with van der Waals surface area (Å²) in [5, 5.41) is 2.74. The Balaban J connectivity index is 2.39. The highest BCUT2D eigenvalue weighted by atomic mass is 32.2. The van der Waals surface area contributed by atoms with Crippen molar-refractivity contribution in [3.8, 4) is 0 Å². The summed E-state index contributed by atoms with van der Waals surface area (Å²) in [6, 6.07) is 4.66. The average Bonchev–Trinajstić information content (AvgIpc) is 2.52. The van der Waals surface area contributed by atoms with Gasteiger partial charge < -0.3 is 10.1 Å². The van der Waals surface area contributed by atoms with Crippen molar-refractivity contribution in [2.45, 2.75) is 24.2 Å². The maximum atomic E-state index is 12.9. The lowest BCUT2D eigenvalue weighted by Crippen LogP contribution is -2.30. The lowest BCUT2D eigenvalue weighted by Gasteiger charge is -2.17. The van der Waals surface area contributed by atoms with Crippen molar-refractivity contribution in [2.75, 3.05) is 33.9 Å². The van der Waals surface area contributed by atoms with E-state index in [1.807, 2.05) is 0 Å². The molecule has 6 nitrogen and oxygen atoms in total. The van der Waals surface area contributed by atoms with Gasteiger partial charge in [-0.2, -0.15) is 0 Å². The Labute approximate surface area is 136 Å². The van der Waals surface area contributed by atoms with Gasteiger partial charge >= 0.3 is 0 Å². The van der Waals surface area contributed by atoms with E-state index in [0.717, 1.165) is 18.6 Å². The van der Waals surface area contributed by atoms with Crippen molar-refractivity contribution in [3.05, 3.63) is 30.1 Å². The number of hydrogen-bond acceptors (Lipinski definition) is 4. The largest absolute Gasteiger partial charge is 0.385 e. The summed E-state index contributed by atoms with van der Waals surface area (Å²) < 4.78 is 43.4. The first-order chi connectivity index (χ1) is 10.9. The third-order valence-corrected chi connectivity index (χ3v) is 5.12. The number of carbonyl (C=O) groups excluding carboxylic acids is 1. The Bertz CT molecular complexity index is 590. The SMILES string of the molecule is COCCCNC(=O)CCCN(C)S(=O)(=O)c1ccc(F)cc1. The van der Waals surface area contributed by atoms with Crippen LogP contribution in [0.15, 0.2) is 29.2 Å². The van der Waals surface area contributed by atoms with Gasteiger partial charge in [-0.05, 0) is 37.1 Å². The molecule has 0 aliphatic heterocycles. The molecule has 1 aromatic carbocycles. The highest BCUT2D eigenvalue weighted by Crippen LogP contribution is 2.15. The van der Waals surface area contributed by atoms with Crippen molar-refractivity contribution in [1.29, 1.82) is 0 Å². The van der Waals surface area contributed by atoms with Crippen LogP contribution in [-0.2, 0) is 19.6 Å². The Kier molecular flexibility index (Phi) is 8.15. The minimum absolute atomic E-state index is 0.0328. The molecule has 1 N–H and O–H groups in total. The average molecular weight is 346 g/mol. The number of sulfonamides is 1. The third kappa shape index (κ3) is 6.64. The van der Waals surface area contributed by atoms with Crippen LogP contribution < -0.4 is 5.32 Å². The van der Waals surface area contributed by atoms with E-state index in [1.54, 1.807) is 7.11 Å². The predicted octanol–water partition coefficient (Wildman–Crippen LogP) is 1.38. The first kappa shape index (κ1) is 19.5. The predicted molar refractivity (Wildman–Crippen MR) is 85.0 cm³/mol. The van der Waals surface area contributed by atoms with Crippen LogP contribution in [0.25, 0.3) is 0 Å². The summed E-state index contributed by atoms with van der Waals surface area (Å²) in [6.07, 6.45) is 1.39. The Morgan fingerprint density at radius 1 is 1.26 bits per heavy atom. The molecule has 0 aromatic heterocycles. The second-order valence-electron chi connectivity index (χ2n) is 5.08. The molecule has 0 aliphatic rings. The van der Waals surface area contributed by atoms with Crippen LogP contribution in [0, 0.1) is 5.82 Å². The topological polar surface area (TPSA) is 75.7 Å². The molecule has 0 unspecified atom stereocenters. The van der Waals surface area contributed by atoms with Crippen LogP contribution in [0.1, 0.15) is 19.3 Å². The lowest BCUT2D eigenvalue weighted by atomic mass is 10.3. The van der Waals surface area contributed by atoms with Crippen LogP contribution in [0.3, 0.4) is 0 Å². The van der Waals surface area contributed by atoms with E-state index in [-0.39, 0.29) is 23.8 Å². The lowest BCUT2D eigenvalue weighted by molar-refractivity contribution is -0.121. The smallest absolute Gasteiger partial charge is 0.242 e. The van der Waals surface area contributed by atoms with Crippen molar-refractivity contribution in [1.82, 2.24) is 9.62 Å². The second-order valence-corrected chi connectivity index (χ2v) is 7.13. The number of rotatable bonds is 10. The molecule has 0 spiro atoms. The third-order valence-electron chi connectivity index (χ3n) is 3.25. The number of nitrogens with zero attached hydrogens (tertiary/aromatic N) is 1. The minimum Gasteiger partial charge on any atom is -0.385 e. The van der Waals surface area contributed by atoms with Gasteiger partial charge in [0.15, 0.2) is 0 Å². The molecule has 0 saturated heterocycles. The minimum atomic E-state index is -3.66. The van der Waals surface area contributed by atoms with E-state index in [2.05, 4.69) is 5.32 Å². The monoisotopic (exact) mass is 346 g/mol. The molecule has 1 amide bonds. The summed E-state index contributed by atoms with van der Waals surface area (Å²) in [7, 11) is -0.623. The molecule has 8 heteroatoms. The van der Waals surface area contributed by atoms with Gasteiger partial charge in [0.05, 0.1) is 4.90 Å². The molecule has 0 fully saturated rings. The molecular formula is C15H23FN2O4S. The van der Waals surface area contributed by atoms with Crippen molar-refractivity contribution >= 4 is 15.9 Å². The molecule has 0 radical (unpaired) electrons. The Hall–Kier alpha value is -1.51. The zero-order chi connectivity index (χ0) is 17.3. The van der Waals surface area contributed by atoms with Gasteiger partial charge in [0.1, 0.15) is 5.82 Å². The fourth-order valence-electron chi connectivity index (χ4n) is 1.90. The van der Waals surface area contributed by atoms with Crippen molar-refractivity contribution in [2.24, 2.45) is 0 Å². The van der Waals surface area contributed by atoms with E-state index < -0.39 is 15.8 Å². The Morgan fingerprint density at radius 2 is 1.91 bits per heavy atom. The fraction of sp³-hybridized carbons (Fsp3) is 0.533. The molecule has 23 heavy (non-hydrogen) atoms. The molecule has 130 valence electrons. The second kappa shape index (κ2) is 9.59. The molecule has 0 saturated carbocycles. The number of benzene rings is 1. The fourth-order valence-corrected chi connectivity index (χ4v) is 3.11. The summed E-state index contributed by atoms with van der Waals surface area (Å²) in [4.78, 5) is 11.6. The van der Waals surface area contributed by atoms with Crippen LogP contribution in [0.5, 0.6) is 0 Å². The normalized spacial score (nSPS) is 11.7. The number of hydrogen-bond donors (Lipinski definition) is 1. The number of carbonyl (C=O) groups is 1. The number of methoxy groups -OCH3 is 1. The number of nitrogens with one attached hydrogen (secondary N) is 1. The molecule has 0 atom stereocenters. The van der Waals surface area contributed by atoms with Gasteiger partial charge in [-0.3, -0.25) is 4.79 Å². The number of amides is 1. The summed E-state index contributed by atoms with van der Waals surface area (Å²) >= 11 is 0. The number of ether oxygens (including phenoxy) is 1. The molecule has 0 heterocycles. The molecular weight excluding hydrogens is 323 g/mol. The zero-order valence-electron chi connectivity index (χ0n) is 13.4. The van der Waals surface area contributed by atoms with Crippen LogP contribution in [-0.4, -0.2) is 52.5 Å². The zero-order valence-corrected chi connectivity index (χ0v) is 14.2. The molecule has 1 aromatic rings. The summed E-state index contributed by atoms with van der Waals surface area (Å²) in [5.74, 6) is -0.606. The summed E-state index contributed by atoms with van der Waals surface area (Å²) in [6.45, 7) is 1.33. The van der Waals surface area contributed by atoms with Gasteiger partial charge in [0.25, 0.3) is 0 Å². The maximum Gasteiger partial charge on any atom is 0.242 e. The molecule has 0 bridgehead atoms. The van der Waals surface area contributed by atoms with Crippen LogP contribution in [0.2, 0.25) is 0 Å². The molecule has 1 rings (SSSR count). The quantitative estimate of drug-likeness (QED) is 0.650. The number of halogens is 1. The standard InChI is InChI=1S/C15H23FN2O4S/c1-18(11-3-5-15(19)17-10-4-12-22-2)23(20,21)14-8-6-13(16)7-9-14/h6-9H,3-5,10-12H2,1-2H3,(H,17,19). The van der Waals surface area contributed by atoms with Gasteiger partial charge in [0, 0.05) is 40.3 Å². The Morgan fingerprint density at radius 3 is 2.52 bits per heavy atom. The van der Waals surface area contributed by atoms with E-state index in [1.165, 1.54) is 23.5 Å². The highest BCUT2D eigenvalue weighted by molar-refractivity contribution is 7.89. The van der Waals surface area contributed by atoms with E-state index in [9.17, 15) is 17.6 Å². The van der Waals surface area contributed by atoms with E-state index >= 15 is 0 Å². The van der Waals surface area contributed by atoms with Gasteiger partial charge in [-0.15, -0.1) is 0 Å². The van der Waals surface area contributed by atoms with Crippen LogP contribution >= 0.6 is 0 Å². The first-order valence-corrected chi connectivity index (χ1v) is 8.79. The van der Waals surface area contributed by atoms with Crippen molar-refractivity contribution in [3.63, 3.8) is 0 Å². The highest BCUT2D eigenvalue weighted by Gasteiger charge is 2.20. The van der Waals surface area contributed by atoms with E-state index in [4.69, 9.17) is 4.74 Å². The van der Waals surface area contributed by atoms with Gasteiger partial charge in [0.2, 0.25) is 15.9 Å². The van der Waals surface area contributed by atoms with Crippen LogP contribution in [0.4, 0.5) is 4.39 Å². The first-order valence-electron chi connectivity index (χ1n) is 7.35. The maximum absolute atomic E-state index is 12.9. The van der Waals surface area contributed by atoms with Gasteiger partial charge in [-0.1, -0.05) is 0 Å². The van der Waals surface area contributed by atoms with Gasteiger partial charge in [-0.25, -0.2) is 17.1 Å². The molecule has 0 aliphatic carbocycles. The van der Waals surface area contributed by atoms with E-state index in [0.29, 0.717) is 19.6 Å².